The number of hydrogen-bond donors (Lipinski definition) is 1. The van der Waals surface area contributed by atoms with Crippen molar-refractivity contribution in [2.24, 2.45) is 0 Å². The average Bonchev–Trinajstić information content (AvgIpc) is 2.75. The molecule has 0 spiro atoms. The second-order valence-electron chi connectivity index (χ2n) is 4.02. The summed E-state index contributed by atoms with van der Waals surface area (Å²) in [6.45, 7) is 4.96. The Kier molecular flexibility index (Phi) is 4.10. The van der Waals surface area contributed by atoms with Crippen LogP contribution >= 0.6 is 22.9 Å². The minimum atomic E-state index is 0.447. The van der Waals surface area contributed by atoms with E-state index in [2.05, 4.69) is 29.4 Å². The molecule has 0 aliphatic rings. The third-order valence-electron chi connectivity index (χ3n) is 2.23. The summed E-state index contributed by atoms with van der Waals surface area (Å²) >= 11 is 7.69. The van der Waals surface area contributed by atoms with Crippen LogP contribution in [0.1, 0.15) is 18.9 Å². The number of halogens is 1. The van der Waals surface area contributed by atoms with Gasteiger partial charge >= 0.3 is 0 Å². The molecule has 90 valence electrons. The van der Waals surface area contributed by atoms with Gasteiger partial charge in [0.2, 0.25) is 0 Å². The summed E-state index contributed by atoms with van der Waals surface area (Å²) in [5.41, 5.74) is 0.947. The van der Waals surface area contributed by atoms with Gasteiger partial charge in [0.15, 0.2) is 0 Å². The van der Waals surface area contributed by atoms with Gasteiger partial charge in [0.1, 0.15) is 10.0 Å². The van der Waals surface area contributed by atoms with Crippen LogP contribution in [0.5, 0.6) is 0 Å². The normalized spacial score (nSPS) is 11.1. The van der Waals surface area contributed by atoms with E-state index in [0.717, 1.165) is 22.1 Å². The van der Waals surface area contributed by atoms with E-state index in [-0.39, 0.29) is 0 Å². The number of benzene rings is 1. The molecule has 0 aliphatic carbocycles. The highest BCUT2D eigenvalue weighted by Gasteiger charge is 2.09. The molecule has 17 heavy (non-hydrogen) atoms. The molecule has 0 aliphatic heterocycles. The maximum atomic E-state index is 6.12. The molecule has 0 saturated carbocycles. The summed E-state index contributed by atoms with van der Waals surface area (Å²) in [6.07, 6.45) is 0. The maximum Gasteiger partial charge on any atom is 0.149 e. The lowest BCUT2D eigenvalue weighted by atomic mass is 10.2. The number of rotatable bonds is 4. The van der Waals surface area contributed by atoms with E-state index in [1.807, 2.05) is 24.3 Å². The highest BCUT2D eigenvalue weighted by atomic mass is 35.5. The van der Waals surface area contributed by atoms with Crippen LogP contribution in [0.3, 0.4) is 0 Å². The molecule has 0 saturated heterocycles. The first-order valence-corrected chi connectivity index (χ1v) is 6.67. The second-order valence-corrected chi connectivity index (χ2v) is 5.49. The summed E-state index contributed by atoms with van der Waals surface area (Å²) < 4.78 is 0. The molecule has 1 heterocycles. The smallest absolute Gasteiger partial charge is 0.149 e. The van der Waals surface area contributed by atoms with Crippen molar-refractivity contribution >= 4 is 22.9 Å². The van der Waals surface area contributed by atoms with Crippen molar-refractivity contribution in [2.75, 3.05) is 0 Å². The predicted octanol–water partition coefficient (Wildman–Crippen LogP) is 3.36. The van der Waals surface area contributed by atoms with Crippen LogP contribution in [0.4, 0.5) is 0 Å². The number of nitrogens with one attached hydrogen (secondary N) is 1. The average molecular weight is 268 g/mol. The highest BCUT2D eigenvalue weighted by molar-refractivity contribution is 7.14. The predicted molar refractivity (Wildman–Crippen MR) is 72.3 cm³/mol. The van der Waals surface area contributed by atoms with E-state index in [1.165, 1.54) is 0 Å². The Bertz CT molecular complexity index is 496. The molecular weight excluding hydrogens is 254 g/mol. The van der Waals surface area contributed by atoms with E-state index in [4.69, 9.17) is 11.6 Å². The fourth-order valence-corrected chi connectivity index (χ4v) is 2.47. The zero-order chi connectivity index (χ0) is 12.3. The lowest BCUT2D eigenvalue weighted by molar-refractivity contribution is 0.585. The van der Waals surface area contributed by atoms with Crippen molar-refractivity contribution in [1.29, 1.82) is 0 Å². The quantitative estimate of drug-likeness (QED) is 0.923. The lowest BCUT2D eigenvalue weighted by Gasteiger charge is -2.03. The van der Waals surface area contributed by atoms with Crippen LogP contribution in [0.2, 0.25) is 5.02 Å². The van der Waals surface area contributed by atoms with E-state index in [0.29, 0.717) is 11.1 Å². The zero-order valence-corrected chi connectivity index (χ0v) is 11.3. The molecule has 2 aromatic rings. The summed E-state index contributed by atoms with van der Waals surface area (Å²) in [5, 5.41) is 14.2. The molecule has 0 atom stereocenters. The molecule has 0 unspecified atom stereocenters. The second kappa shape index (κ2) is 5.58. The Morgan fingerprint density at radius 1 is 1.29 bits per heavy atom. The molecule has 3 nitrogen and oxygen atoms in total. The Balaban J connectivity index is 2.16. The van der Waals surface area contributed by atoms with Gasteiger partial charge in [-0.15, -0.1) is 10.2 Å². The number of hydrogen-bond acceptors (Lipinski definition) is 4. The SMILES string of the molecule is CC(C)NCc1nnc(-c2ccccc2Cl)s1. The standard InChI is InChI=1S/C12H14ClN3S/c1-8(2)14-7-11-15-16-12(17-11)9-5-3-4-6-10(9)13/h3-6,8,14H,7H2,1-2H3. The van der Waals surface area contributed by atoms with Crippen molar-refractivity contribution in [1.82, 2.24) is 15.5 Å². The van der Waals surface area contributed by atoms with Crippen LogP contribution in [0.15, 0.2) is 24.3 Å². The van der Waals surface area contributed by atoms with Crippen molar-refractivity contribution in [3.8, 4) is 10.6 Å². The van der Waals surface area contributed by atoms with Gasteiger partial charge in [-0.2, -0.15) is 0 Å². The van der Waals surface area contributed by atoms with Gasteiger partial charge in [0.05, 0.1) is 5.02 Å². The van der Waals surface area contributed by atoms with Gasteiger partial charge in [-0.1, -0.05) is 55.0 Å². The van der Waals surface area contributed by atoms with E-state index in [1.54, 1.807) is 11.3 Å². The van der Waals surface area contributed by atoms with Crippen molar-refractivity contribution in [2.45, 2.75) is 26.4 Å². The van der Waals surface area contributed by atoms with E-state index in [9.17, 15) is 0 Å². The first-order valence-electron chi connectivity index (χ1n) is 5.47. The third-order valence-corrected chi connectivity index (χ3v) is 3.52. The fraction of sp³-hybridized carbons (Fsp3) is 0.333. The molecule has 0 bridgehead atoms. The van der Waals surface area contributed by atoms with Gasteiger partial charge in [0, 0.05) is 18.2 Å². The van der Waals surface area contributed by atoms with Gasteiger partial charge in [-0.25, -0.2) is 0 Å². The minimum absolute atomic E-state index is 0.447. The summed E-state index contributed by atoms with van der Waals surface area (Å²) in [6, 6.07) is 8.14. The summed E-state index contributed by atoms with van der Waals surface area (Å²) in [7, 11) is 0. The Morgan fingerprint density at radius 3 is 2.76 bits per heavy atom. The molecule has 2 rings (SSSR count). The Labute approximate surface area is 110 Å². The summed E-state index contributed by atoms with van der Waals surface area (Å²) in [4.78, 5) is 0. The highest BCUT2D eigenvalue weighted by Crippen LogP contribution is 2.29. The molecule has 0 amide bonds. The molecular formula is C12H14ClN3S. The maximum absolute atomic E-state index is 6.12. The molecule has 1 aromatic carbocycles. The largest absolute Gasteiger partial charge is 0.308 e. The van der Waals surface area contributed by atoms with Crippen LogP contribution < -0.4 is 5.32 Å². The molecule has 1 N–H and O–H groups in total. The Hall–Kier alpha value is -0.970. The van der Waals surface area contributed by atoms with E-state index >= 15 is 0 Å². The minimum Gasteiger partial charge on any atom is -0.308 e. The van der Waals surface area contributed by atoms with Crippen LogP contribution in [-0.2, 0) is 6.54 Å². The monoisotopic (exact) mass is 267 g/mol. The van der Waals surface area contributed by atoms with Gasteiger partial charge in [0.25, 0.3) is 0 Å². The van der Waals surface area contributed by atoms with Crippen LogP contribution in [-0.4, -0.2) is 16.2 Å². The van der Waals surface area contributed by atoms with Gasteiger partial charge in [-0.3, -0.25) is 0 Å². The fourth-order valence-electron chi connectivity index (χ4n) is 1.36. The van der Waals surface area contributed by atoms with Crippen molar-refractivity contribution < 1.29 is 0 Å². The molecule has 0 radical (unpaired) electrons. The first-order chi connectivity index (χ1) is 8.16. The van der Waals surface area contributed by atoms with E-state index < -0.39 is 0 Å². The summed E-state index contributed by atoms with van der Waals surface area (Å²) in [5.74, 6) is 0. The zero-order valence-electron chi connectivity index (χ0n) is 9.77. The van der Waals surface area contributed by atoms with Crippen molar-refractivity contribution in [3.05, 3.63) is 34.3 Å². The molecule has 1 aromatic heterocycles. The van der Waals surface area contributed by atoms with Crippen molar-refractivity contribution in [3.63, 3.8) is 0 Å². The number of aromatic nitrogens is 2. The third kappa shape index (κ3) is 3.25. The molecule has 0 fully saturated rings. The van der Waals surface area contributed by atoms with Gasteiger partial charge < -0.3 is 5.32 Å². The Morgan fingerprint density at radius 2 is 2.06 bits per heavy atom. The number of nitrogens with zero attached hydrogens (tertiary/aromatic N) is 2. The van der Waals surface area contributed by atoms with Gasteiger partial charge in [-0.05, 0) is 6.07 Å². The lowest BCUT2D eigenvalue weighted by Crippen LogP contribution is -2.21. The van der Waals surface area contributed by atoms with Crippen LogP contribution in [0, 0.1) is 0 Å². The molecule has 5 heteroatoms. The first kappa shape index (κ1) is 12.5. The topological polar surface area (TPSA) is 37.8 Å². The van der Waals surface area contributed by atoms with Crippen LogP contribution in [0.25, 0.3) is 10.6 Å².